The summed E-state index contributed by atoms with van der Waals surface area (Å²) in [4.78, 5) is 22.9. The molecule has 0 aromatic heterocycles. The van der Waals surface area contributed by atoms with Crippen molar-refractivity contribution >= 4 is 11.9 Å². The van der Waals surface area contributed by atoms with E-state index in [1.54, 1.807) is 6.92 Å². The van der Waals surface area contributed by atoms with E-state index in [1.165, 1.54) is 89.5 Å². The number of unbranched alkanes of at least 4 members (excludes halogenated alkanes) is 14. The summed E-state index contributed by atoms with van der Waals surface area (Å²) in [6, 6.07) is 0. The Labute approximate surface area is 179 Å². The fraction of sp³-hybridized carbons (Fsp3) is 0.760. The van der Waals surface area contributed by atoms with Gasteiger partial charge < -0.3 is 9.47 Å². The number of esters is 2. The van der Waals surface area contributed by atoms with Gasteiger partial charge in [0.05, 0.1) is 0 Å². The molecule has 0 radical (unpaired) electrons. The molecular formula is C25H44O4. The molecule has 0 aliphatic carbocycles. The minimum Gasteiger partial charge on any atom is -0.431 e. The first-order valence-electron chi connectivity index (χ1n) is 11.9. The number of carbonyl (C=O) groups excluding carboxylic acids is 2. The van der Waals surface area contributed by atoms with Crippen molar-refractivity contribution in [2.45, 2.75) is 123 Å². The molecule has 0 unspecified atom stereocenters. The Morgan fingerprint density at radius 1 is 0.690 bits per heavy atom. The molecule has 0 aliphatic rings. The lowest BCUT2D eigenvalue weighted by atomic mass is 10.0. The van der Waals surface area contributed by atoms with Crippen LogP contribution in [0.3, 0.4) is 0 Å². The van der Waals surface area contributed by atoms with Crippen LogP contribution in [0.1, 0.15) is 123 Å². The van der Waals surface area contributed by atoms with Gasteiger partial charge in [0, 0.05) is 12.8 Å². The van der Waals surface area contributed by atoms with E-state index >= 15 is 0 Å². The molecule has 4 heteroatoms. The fourth-order valence-corrected chi connectivity index (χ4v) is 3.14. The number of carbonyl (C=O) groups is 2. The minimum atomic E-state index is -0.372. The summed E-state index contributed by atoms with van der Waals surface area (Å²) in [5.41, 5.74) is 0. The van der Waals surface area contributed by atoms with E-state index in [9.17, 15) is 9.59 Å². The van der Waals surface area contributed by atoms with Gasteiger partial charge in [-0.2, -0.15) is 0 Å². The van der Waals surface area contributed by atoms with E-state index in [1.807, 2.05) is 0 Å². The second-order valence-corrected chi connectivity index (χ2v) is 7.74. The molecule has 0 aromatic carbocycles. The summed E-state index contributed by atoms with van der Waals surface area (Å²) in [5.74, 6) is -0.501. The molecule has 0 atom stereocenters. The van der Waals surface area contributed by atoms with Crippen molar-refractivity contribution in [2.24, 2.45) is 0 Å². The molecule has 0 N–H and O–H groups in total. The number of hydrogen-bond donors (Lipinski definition) is 0. The van der Waals surface area contributed by atoms with Crippen LogP contribution in [0, 0.1) is 0 Å². The second kappa shape index (κ2) is 21.1. The lowest BCUT2D eigenvalue weighted by molar-refractivity contribution is -0.142. The Hall–Kier alpha value is -1.58. The number of allylic oxidation sites excluding steroid dienone is 1. The zero-order valence-electron chi connectivity index (χ0n) is 19.0. The Morgan fingerprint density at radius 2 is 1.14 bits per heavy atom. The highest BCUT2D eigenvalue weighted by molar-refractivity contribution is 5.71. The summed E-state index contributed by atoms with van der Waals surface area (Å²) < 4.78 is 9.97. The first kappa shape index (κ1) is 27.4. The maximum Gasteiger partial charge on any atom is 0.311 e. The summed E-state index contributed by atoms with van der Waals surface area (Å²) in [7, 11) is 0. The molecule has 0 aliphatic heterocycles. The Morgan fingerprint density at radius 3 is 1.55 bits per heavy atom. The lowest BCUT2D eigenvalue weighted by Crippen LogP contribution is -2.05. The maximum atomic E-state index is 11.8. The van der Waals surface area contributed by atoms with Gasteiger partial charge in [-0.25, -0.2) is 0 Å². The smallest absolute Gasteiger partial charge is 0.311 e. The highest BCUT2D eigenvalue weighted by atomic mass is 16.6. The maximum absolute atomic E-state index is 11.8. The van der Waals surface area contributed by atoms with Gasteiger partial charge in [-0.1, -0.05) is 110 Å². The van der Waals surface area contributed by atoms with Gasteiger partial charge >= 0.3 is 11.9 Å². The van der Waals surface area contributed by atoms with E-state index in [2.05, 4.69) is 13.5 Å². The molecule has 0 spiro atoms. The van der Waals surface area contributed by atoms with Crippen LogP contribution in [-0.2, 0) is 19.1 Å². The number of ether oxygens (including phenoxy) is 2. The van der Waals surface area contributed by atoms with Crippen LogP contribution in [0.2, 0.25) is 0 Å². The zero-order chi connectivity index (χ0) is 21.6. The van der Waals surface area contributed by atoms with Crippen LogP contribution in [0.4, 0.5) is 0 Å². The summed E-state index contributed by atoms with van der Waals surface area (Å²) in [5, 5.41) is 0. The quantitative estimate of drug-likeness (QED) is 0.0893. The molecule has 168 valence electrons. The third-order valence-corrected chi connectivity index (χ3v) is 5.01. The standard InChI is InChI=1S/C25H44O4/c1-4-7-8-9-10-11-12-13-14-15-16-17-18-19-20-21-25(27)29-23(5-2)22-28-24(26)6-3/h5,22H,2,4,6-21H2,1,3H3/b23-22+. The van der Waals surface area contributed by atoms with Gasteiger partial charge in [-0.05, 0) is 12.5 Å². The molecule has 0 aromatic rings. The van der Waals surface area contributed by atoms with Gasteiger partial charge in [-0.15, -0.1) is 0 Å². The van der Waals surface area contributed by atoms with E-state index < -0.39 is 0 Å². The van der Waals surface area contributed by atoms with Gasteiger partial charge in [0.1, 0.15) is 6.26 Å². The van der Waals surface area contributed by atoms with Crippen molar-refractivity contribution in [3.8, 4) is 0 Å². The predicted octanol–water partition coefficient (Wildman–Crippen LogP) is 7.77. The molecule has 4 nitrogen and oxygen atoms in total. The Bertz CT molecular complexity index is 454. The van der Waals surface area contributed by atoms with Crippen LogP contribution in [0.25, 0.3) is 0 Å². The van der Waals surface area contributed by atoms with Crippen molar-refractivity contribution in [1.82, 2.24) is 0 Å². The van der Waals surface area contributed by atoms with Crippen LogP contribution in [0.15, 0.2) is 24.7 Å². The largest absolute Gasteiger partial charge is 0.431 e. The highest BCUT2D eigenvalue weighted by Crippen LogP contribution is 2.14. The van der Waals surface area contributed by atoms with E-state index in [0.29, 0.717) is 6.42 Å². The van der Waals surface area contributed by atoms with Crippen molar-refractivity contribution in [2.75, 3.05) is 0 Å². The highest BCUT2D eigenvalue weighted by Gasteiger charge is 2.06. The Balaban J connectivity index is 3.46. The normalized spacial score (nSPS) is 11.3. The molecule has 0 saturated carbocycles. The summed E-state index contributed by atoms with van der Waals surface area (Å²) in [6.07, 6.45) is 22.6. The van der Waals surface area contributed by atoms with E-state index in [0.717, 1.165) is 19.1 Å². The summed E-state index contributed by atoms with van der Waals surface area (Å²) in [6.45, 7) is 7.52. The SMILES string of the molecule is C=C/C(=C\OC(=O)CC)OC(=O)CCCCCCCCCCCCCCCCC. The lowest BCUT2D eigenvalue weighted by Gasteiger charge is -2.05. The molecule has 29 heavy (non-hydrogen) atoms. The van der Waals surface area contributed by atoms with Gasteiger partial charge in [0.2, 0.25) is 0 Å². The van der Waals surface area contributed by atoms with Crippen LogP contribution >= 0.6 is 0 Å². The predicted molar refractivity (Wildman–Crippen MR) is 120 cm³/mol. The molecule has 0 amide bonds. The molecule has 0 heterocycles. The monoisotopic (exact) mass is 408 g/mol. The average molecular weight is 409 g/mol. The molecule has 0 rings (SSSR count). The third-order valence-electron chi connectivity index (χ3n) is 5.01. The zero-order valence-corrected chi connectivity index (χ0v) is 19.0. The molecule has 0 bridgehead atoms. The topological polar surface area (TPSA) is 52.6 Å². The van der Waals surface area contributed by atoms with Gasteiger partial charge in [0.15, 0.2) is 5.76 Å². The number of hydrogen-bond acceptors (Lipinski definition) is 4. The molecule has 0 saturated heterocycles. The molecular weight excluding hydrogens is 364 g/mol. The molecule has 0 fully saturated rings. The number of rotatable bonds is 20. The minimum absolute atomic E-state index is 0.178. The van der Waals surface area contributed by atoms with Crippen molar-refractivity contribution in [3.63, 3.8) is 0 Å². The van der Waals surface area contributed by atoms with Gasteiger partial charge in [-0.3, -0.25) is 9.59 Å². The summed E-state index contributed by atoms with van der Waals surface area (Å²) >= 11 is 0. The van der Waals surface area contributed by atoms with Crippen molar-refractivity contribution < 1.29 is 19.1 Å². The third kappa shape index (κ3) is 19.5. The first-order chi connectivity index (χ1) is 14.1. The van der Waals surface area contributed by atoms with Crippen LogP contribution in [-0.4, -0.2) is 11.9 Å². The Kier molecular flexibility index (Phi) is 20.0. The average Bonchev–Trinajstić information content (AvgIpc) is 2.73. The van der Waals surface area contributed by atoms with E-state index in [-0.39, 0.29) is 24.1 Å². The van der Waals surface area contributed by atoms with Gasteiger partial charge in [0.25, 0.3) is 0 Å². The van der Waals surface area contributed by atoms with E-state index in [4.69, 9.17) is 9.47 Å². The fourth-order valence-electron chi connectivity index (χ4n) is 3.14. The van der Waals surface area contributed by atoms with Crippen molar-refractivity contribution in [1.29, 1.82) is 0 Å². The first-order valence-corrected chi connectivity index (χ1v) is 11.9. The van der Waals surface area contributed by atoms with Crippen molar-refractivity contribution in [3.05, 3.63) is 24.7 Å². The second-order valence-electron chi connectivity index (χ2n) is 7.74. The van der Waals surface area contributed by atoms with Crippen LogP contribution in [0.5, 0.6) is 0 Å². The van der Waals surface area contributed by atoms with Crippen LogP contribution < -0.4 is 0 Å².